The Morgan fingerprint density at radius 1 is 1.16 bits per heavy atom. The maximum atomic E-state index is 6.38. The van der Waals surface area contributed by atoms with Gasteiger partial charge in [-0.2, -0.15) is 0 Å². The molecule has 0 bridgehead atoms. The second kappa shape index (κ2) is 6.43. The van der Waals surface area contributed by atoms with Gasteiger partial charge in [-0.05, 0) is 54.4 Å². The van der Waals surface area contributed by atoms with Crippen molar-refractivity contribution in [2.24, 2.45) is 0 Å². The van der Waals surface area contributed by atoms with Crippen LogP contribution in [-0.4, -0.2) is 38.8 Å². The molecule has 4 nitrogen and oxygen atoms in total. The van der Waals surface area contributed by atoms with Crippen LogP contribution in [0.4, 0.5) is 5.69 Å². The lowest BCUT2D eigenvalue weighted by molar-refractivity contribution is 0.327. The van der Waals surface area contributed by atoms with Crippen LogP contribution in [0.2, 0.25) is 5.02 Å². The van der Waals surface area contributed by atoms with Crippen LogP contribution in [0.1, 0.15) is 28.2 Å². The summed E-state index contributed by atoms with van der Waals surface area (Å²) in [6.07, 6.45) is 1.89. The highest BCUT2D eigenvalue weighted by atomic mass is 35.5. The molecular weight excluding hydrogens is 336 g/mol. The predicted molar refractivity (Wildman–Crippen MR) is 101 cm³/mol. The molecule has 0 radical (unpaired) electrons. The minimum absolute atomic E-state index is 0.184. The molecule has 0 saturated heterocycles. The molecule has 25 heavy (non-hydrogen) atoms. The number of nitrogen functional groups attached to an aromatic ring is 1. The Hall–Kier alpha value is -1.91. The first-order valence-corrected chi connectivity index (χ1v) is 9.04. The zero-order chi connectivity index (χ0) is 17.6. The summed E-state index contributed by atoms with van der Waals surface area (Å²) in [6.45, 7) is 2.64. The number of anilines is 1. The van der Waals surface area contributed by atoms with Crippen LogP contribution in [0.15, 0.2) is 24.3 Å². The Morgan fingerprint density at radius 3 is 2.80 bits per heavy atom. The quantitative estimate of drug-likeness (QED) is 0.835. The van der Waals surface area contributed by atoms with Gasteiger partial charge in [0, 0.05) is 36.7 Å². The highest BCUT2D eigenvalue weighted by Gasteiger charge is 2.29. The van der Waals surface area contributed by atoms with E-state index in [0.717, 1.165) is 49.7 Å². The minimum atomic E-state index is 0.184. The fraction of sp³-hybridized carbons (Fsp3) is 0.400. The van der Waals surface area contributed by atoms with Gasteiger partial charge in [0.05, 0.1) is 18.7 Å². The van der Waals surface area contributed by atoms with Crippen LogP contribution in [0, 0.1) is 0 Å². The number of likely N-dealkylation sites (N-methyl/N-ethyl adjacent to an activating group) is 1. The number of benzene rings is 2. The normalized spacial score (nSPS) is 19.7. The first-order valence-electron chi connectivity index (χ1n) is 8.66. The molecule has 1 unspecified atom stereocenters. The van der Waals surface area contributed by atoms with Gasteiger partial charge < -0.3 is 20.1 Å². The van der Waals surface area contributed by atoms with Crippen molar-refractivity contribution in [3.63, 3.8) is 0 Å². The third-order valence-electron chi connectivity index (χ3n) is 5.26. The second-order valence-corrected chi connectivity index (χ2v) is 7.35. The van der Waals surface area contributed by atoms with Crippen LogP contribution in [-0.2, 0) is 12.8 Å². The number of nitrogens with two attached hydrogens (primary N) is 1. The maximum absolute atomic E-state index is 6.38. The molecule has 2 aromatic carbocycles. The molecule has 0 aromatic heterocycles. The zero-order valence-corrected chi connectivity index (χ0v) is 15.4. The predicted octanol–water partition coefficient (Wildman–Crippen LogP) is 3.49. The molecule has 5 heteroatoms. The van der Waals surface area contributed by atoms with Gasteiger partial charge in [0.25, 0.3) is 0 Å². The second-order valence-electron chi connectivity index (χ2n) is 6.95. The average molecular weight is 359 g/mol. The minimum Gasteiger partial charge on any atom is -0.495 e. The molecule has 0 aliphatic carbocycles. The van der Waals surface area contributed by atoms with E-state index in [9.17, 15) is 0 Å². The summed E-state index contributed by atoms with van der Waals surface area (Å²) in [6, 6.07) is 8.25. The number of hydrogen-bond donors (Lipinski definition) is 1. The average Bonchev–Trinajstić information content (AvgIpc) is 2.99. The van der Waals surface area contributed by atoms with E-state index in [2.05, 4.69) is 30.1 Å². The fourth-order valence-electron chi connectivity index (χ4n) is 4.01. The van der Waals surface area contributed by atoms with Crippen LogP contribution in [0.5, 0.6) is 11.5 Å². The number of rotatable bonds is 2. The number of ether oxygens (including phenoxy) is 2. The number of methoxy groups -OCH3 is 1. The van der Waals surface area contributed by atoms with Crippen molar-refractivity contribution >= 4 is 17.3 Å². The highest BCUT2D eigenvalue weighted by molar-refractivity contribution is 6.32. The standard InChI is InChI=1S/C20H23ClN2O2/c1-23-5-3-12-8-18(21)19(24-2)10-15(12)17(11-23)16-9-14(22)7-13-4-6-25-20(13)16/h7-10,17H,3-6,11,22H2,1-2H3. The summed E-state index contributed by atoms with van der Waals surface area (Å²) in [5.74, 6) is 1.91. The van der Waals surface area contributed by atoms with Gasteiger partial charge in [-0.25, -0.2) is 0 Å². The Kier molecular flexibility index (Phi) is 4.26. The SMILES string of the molecule is COc1cc2c(cc1Cl)CCN(C)CC2c1cc(N)cc2c1OCC2. The molecule has 1 atom stereocenters. The Labute approximate surface area is 153 Å². The molecule has 0 amide bonds. The number of fused-ring (bicyclic) bond motifs is 2. The van der Waals surface area contributed by atoms with Crippen molar-refractivity contribution in [3.8, 4) is 11.5 Å². The lowest BCUT2D eigenvalue weighted by atomic mass is 9.86. The lowest BCUT2D eigenvalue weighted by Gasteiger charge is -2.24. The van der Waals surface area contributed by atoms with Gasteiger partial charge in [0.15, 0.2) is 0 Å². The molecule has 0 saturated carbocycles. The smallest absolute Gasteiger partial charge is 0.137 e. The van der Waals surface area contributed by atoms with Crippen LogP contribution in [0.25, 0.3) is 0 Å². The third-order valence-corrected chi connectivity index (χ3v) is 5.55. The summed E-state index contributed by atoms with van der Waals surface area (Å²) in [5.41, 5.74) is 11.9. The van der Waals surface area contributed by atoms with E-state index < -0.39 is 0 Å². The van der Waals surface area contributed by atoms with E-state index in [1.807, 2.05) is 6.07 Å². The summed E-state index contributed by atoms with van der Waals surface area (Å²) in [5, 5.41) is 0.665. The van der Waals surface area contributed by atoms with Crippen molar-refractivity contribution < 1.29 is 9.47 Å². The van der Waals surface area contributed by atoms with E-state index in [4.69, 9.17) is 26.8 Å². The summed E-state index contributed by atoms with van der Waals surface area (Å²) < 4.78 is 11.5. The largest absolute Gasteiger partial charge is 0.495 e. The summed E-state index contributed by atoms with van der Waals surface area (Å²) in [7, 11) is 3.82. The van der Waals surface area contributed by atoms with Crippen molar-refractivity contribution in [2.45, 2.75) is 18.8 Å². The first kappa shape index (κ1) is 16.6. The Balaban J connectivity index is 1.90. The highest BCUT2D eigenvalue weighted by Crippen LogP contribution is 2.43. The van der Waals surface area contributed by atoms with Gasteiger partial charge in [-0.1, -0.05) is 11.6 Å². The topological polar surface area (TPSA) is 47.7 Å². The molecule has 2 aromatic rings. The van der Waals surface area contributed by atoms with Gasteiger partial charge in [0.2, 0.25) is 0 Å². The molecule has 132 valence electrons. The van der Waals surface area contributed by atoms with Crippen LogP contribution < -0.4 is 15.2 Å². The van der Waals surface area contributed by atoms with Crippen molar-refractivity contribution in [1.82, 2.24) is 4.90 Å². The van der Waals surface area contributed by atoms with Crippen molar-refractivity contribution in [1.29, 1.82) is 0 Å². The van der Waals surface area contributed by atoms with Crippen LogP contribution in [0.3, 0.4) is 0 Å². The van der Waals surface area contributed by atoms with E-state index in [-0.39, 0.29) is 5.92 Å². The fourth-order valence-corrected chi connectivity index (χ4v) is 4.27. The summed E-state index contributed by atoms with van der Waals surface area (Å²) >= 11 is 6.38. The molecule has 2 heterocycles. The summed E-state index contributed by atoms with van der Waals surface area (Å²) in [4.78, 5) is 2.36. The molecule has 4 rings (SSSR count). The molecule has 0 fully saturated rings. The van der Waals surface area contributed by atoms with Gasteiger partial charge in [0.1, 0.15) is 11.5 Å². The molecular formula is C20H23ClN2O2. The van der Waals surface area contributed by atoms with Gasteiger partial charge in [-0.15, -0.1) is 0 Å². The Morgan fingerprint density at radius 2 is 2.00 bits per heavy atom. The Bertz CT molecular complexity index is 822. The van der Waals surface area contributed by atoms with Gasteiger partial charge in [-0.3, -0.25) is 0 Å². The molecule has 2 aliphatic heterocycles. The molecule has 0 spiro atoms. The van der Waals surface area contributed by atoms with E-state index in [1.54, 1.807) is 7.11 Å². The molecule has 2 N–H and O–H groups in total. The number of nitrogens with zero attached hydrogens (tertiary/aromatic N) is 1. The zero-order valence-electron chi connectivity index (χ0n) is 14.6. The number of halogens is 1. The van der Waals surface area contributed by atoms with E-state index in [0.29, 0.717) is 5.02 Å². The van der Waals surface area contributed by atoms with Crippen LogP contribution >= 0.6 is 11.6 Å². The third kappa shape index (κ3) is 2.94. The van der Waals surface area contributed by atoms with E-state index >= 15 is 0 Å². The lowest BCUT2D eigenvalue weighted by Crippen LogP contribution is -2.24. The number of hydrogen-bond acceptors (Lipinski definition) is 4. The van der Waals surface area contributed by atoms with E-state index in [1.165, 1.54) is 22.3 Å². The van der Waals surface area contributed by atoms with Crippen molar-refractivity contribution in [2.75, 3.05) is 39.6 Å². The first-order chi connectivity index (χ1) is 12.1. The maximum Gasteiger partial charge on any atom is 0.137 e. The van der Waals surface area contributed by atoms with Crippen molar-refractivity contribution in [3.05, 3.63) is 51.5 Å². The van der Waals surface area contributed by atoms with Gasteiger partial charge >= 0.3 is 0 Å². The monoisotopic (exact) mass is 358 g/mol. The molecule has 2 aliphatic rings.